The van der Waals surface area contributed by atoms with Crippen molar-refractivity contribution >= 4 is 5.91 Å². The summed E-state index contributed by atoms with van der Waals surface area (Å²) in [5.74, 6) is -0.699. The lowest BCUT2D eigenvalue weighted by atomic mass is 9.92. The molecule has 17 heavy (non-hydrogen) atoms. The maximum absolute atomic E-state index is 10.7. The summed E-state index contributed by atoms with van der Waals surface area (Å²) in [6.07, 6.45) is 3.73. The number of carbonyl (C=O) groups is 1. The van der Waals surface area contributed by atoms with Crippen LogP contribution in [-0.2, 0) is 11.2 Å². The fraction of sp³-hybridized carbons (Fsp3) is 0.500. The summed E-state index contributed by atoms with van der Waals surface area (Å²) >= 11 is 0. The predicted octanol–water partition coefficient (Wildman–Crippen LogP) is -0.105. The molecule has 1 aliphatic carbocycles. The minimum atomic E-state index is -1.14. The van der Waals surface area contributed by atoms with E-state index >= 15 is 0 Å². The molecule has 5 heteroatoms. The molecule has 2 atom stereocenters. The molecule has 0 aromatic carbocycles. The van der Waals surface area contributed by atoms with Gasteiger partial charge in [-0.05, 0) is 30.9 Å². The number of fused-ring (bicyclic) bond motifs is 1. The predicted molar refractivity (Wildman–Crippen MR) is 63.1 cm³/mol. The molecule has 92 valence electrons. The van der Waals surface area contributed by atoms with E-state index in [1.807, 2.05) is 6.07 Å². The van der Waals surface area contributed by atoms with Gasteiger partial charge in [-0.15, -0.1) is 0 Å². The first-order valence-electron chi connectivity index (χ1n) is 5.83. The minimum Gasteiger partial charge on any atom is -0.382 e. The Hall–Kier alpha value is -1.46. The fourth-order valence-electron chi connectivity index (χ4n) is 2.16. The highest BCUT2D eigenvalue weighted by atomic mass is 16.3. The van der Waals surface area contributed by atoms with Crippen LogP contribution in [0.3, 0.4) is 0 Å². The summed E-state index contributed by atoms with van der Waals surface area (Å²) in [7, 11) is 0. The SMILES string of the molecule is NC(=O)C(O)CNC1CCCc2cccnc21. The number of amides is 1. The third-order valence-electron chi connectivity index (χ3n) is 3.08. The van der Waals surface area contributed by atoms with Gasteiger partial charge in [0.25, 0.3) is 0 Å². The average molecular weight is 235 g/mol. The van der Waals surface area contributed by atoms with Crippen molar-refractivity contribution < 1.29 is 9.90 Å². The molecule has 0 spiro atoms. The molecule has 0 saturated heterocycles. The number of nitrogens with zero attached hydrogens (tertiary/aromatic N) is 1. The van der Waals surface area contributed by atoms with Crippen LogP contribution in [0, 0.1) is 0 Å². The Bertz CT molecular complexity index is 408. The lowest BCUT2D eigenvalue weighted by Gasteiger charge is -2.25. The summed E-state index contributed by atoms with van der Waals surface area (Å²) < 4.78 is 0. The highest BCUT2D eigenvalue weighted by molar-refractivity contribution is 5.78. The molecule has 0 aliphatic heterocycles. The second kappa shape index (κ2) is 5.25. The van der Waals surface area contributed by atoms with Crippen molar-refractivity contribution in [2.45, 2.75) is 31.4 Å². The molecule has 0 radical (unpaired) electrons. The van der Waals surface area contributed by atoms with E-state index in [0.29, 0.717) is 0 Å². The van der Waals surface area contributed by atoms with Gasteiger partial charge in [-0.3, -0.25) is 9.78 Å². The zero-order chi connectivity index (χ0) is 12.3. The van der Waals surface area contributed by atoms with Crippen LogP contribution in [-0.4, -0.2) is 28.6 Å². The monoisotopic (exact) mass is 235 g/mol. The first kappa shape index (κ1) is 12.0. The van der Waals surface area contributed by atoms with E-state index in [-0.39, 0.29) is 12.6 Å². The molecule has 5 nitrogen and oxygen atoms in total. The van der Waals surface area contributed by atoms with Crippen LogP contribution in [0.2, 0.25) is 0 Å². The van der Waals surface area contributed by atoms with Gasteiger partial charge in [-0.1, -0.05) is 6.07 Å². The quantitative estimate of drug-likeness (QED) is 0.679. The summed E-state index contributed by atoms with van der Waals surface area (Å²) in [6, 6.07) is 4.11. The number of rotatable bonds is 4. The molecular weight excluding hydrogens is 218 g/mol. The molecule has 4 N–H and O–H groups in total. The lowest BCUT2D eigenvalue weighted by molar-refractivity contribution is -0.125. The van der Waals surface area contributed by atoms with Crippen molar-refractivity contribution in [1.82, 2.24) is 10.3 Å². The van der Waals surface area contributed by atoms with Crippen molar-refractivity contribution in [2.24, 2.45) is 5.73 Å². The summed E-state index contributed by atoms with van der Waals surface area (Å²) in [6.45, 7) is 0.177. The summed E-state index contributed by atoms with van der Waals surface area (Å²) in [5.41, 5.74) is 7.27. The second-order valence-corrected chi connectivity index (χ2v) is 4.32. The summed E-state index contributed by atoms with van der Waals surface area (Å²) in [4.78, 5) is 15.1. The van der Waals surface area contributed by atoms with Crippen molar-refractivity contribution in [3.63, 3.8) is 0 Å². The maximum Gasteiger partial charge on any atom is 0.247 e. The van der Waals surface area contributed by atoms with Gasteiger partial charge in [0.15, 0.2) is 0 Å². The molecule has 1 aromatic heterocycles. The second-order valence-electron chi connectivity index (χ2n) is 4.32. The van der Waals surface area contributed by atoms with Gasteiger partial charge >= 0.3 is 0 Å². The highest BCUT2D eigenvalue weighted by Crippen LogP contribution is 2.27. The largest absolute Gasteiger partial charge is 0.382 e. The van der Waals surface area contributed by atoms with Gasteiger partial charge in [0.05, 0.1) is 5.69 Å². The van der Waals surface area contributed by atoms with Gasteiger partial charge in [-0.25, -0.2) is 0 Å². The van der Waals surface area contributed by atoms with Gasteiger partial charge in [0.2, 0.25) is 5.91 Å². The number of nitrogens with two attached hydrogens (primary N) is 1. The lowest BCUT2D eigenvalue weighted by Crippen LogP contribution is -2.39. The number of hydrogen-bond acceptors (Lipinski definition) is 4. The van der Waals surface area contributed by atoms with E-state index in [1.165, 1.54) is 5.56 Å². The molecule has 0 saturated carbocycles. The minimum absolute atomic E-state index is 0.106. The van der Waals surface area contributed by atoms with Crippen molar-refractivity contribution in [2.75, 3.05) is 6.54 Å². The molecule has 1 aromatic rings. The number of aryl methyl sites for hydroxylation is 1. The van der Waals surface area contributed by atoms with E-state index in [1.54, 1.807) is 6.20 Å². The zero-order valence-corrected chi connectivity index (χ0v) is 9.60. The van der Waals surface area contributed by atoms with Crippen LogP contribution in [0.15, 0.2) is 18.3 Å². The molecule has 1 amide bonds. The van der Waals surface area contributed by atoms with Gasteiger partial charge in [0.1, 0.15) is 6.10 Å². The Kier molecular flexibility index (Phi) is 3.71. The Morgan fingerprint density at radius 1 is 1.71 bits per heavy atom. The van der Waals surface area contributed by atoms with Gasteiger partial charge in [0, 0.05) is 18.8 Å². The highest BCUT2D eigenvalue weighted by Gasteiger charge is 2.22. The van der Waals surface area contributed by atoms with Crippen molar-refractivity contribution in [1.29, 1.82) is 0 Å². The number of carbonyl (C=O) groups excluding carboxylic acids is 1. The fourth-order valence-corrected chi connectivity index (χ4v) is 2.16. The summed E-state index contributed by atoms with van der Waals surface area (Å²) in [5, 5.41) is 12.5. The number of aromatic nitrogens is 1. The Labute approximate surface area is 100 Å². The molecule has 0 fully saturated rings. The number of aliphatic hydroxyl groups is 1. The standard InChI is InChI=1S/C12H17N3O2/c13-12(17)10(16)7-15-9-5-1-3-8-4-2-6-14-11(8)9/h2,4,6,9-10,15-16H,1,3,5,7H2,(H2,13,17). The third kappa shape index (κ3) is 2.81. The van der Waals surface area contributed by atoms with Crippen LogP contribution in [0.1, 0.15) is 30.1 Å². The molecular formula is C12H17N3O2. The van der Waals surface area contributed by atoms with Crippen LogP contribution < -0.4 is 11.1 Å². The number of primary amides is 1. The number of pyridine rings is 1. The van der Waals surface area contributed by atoms with Gasteiger partial charge in [-0.2, -0.15) is 0 Å². The average Bonchev–Trinajstić information content (AvgIpc) is 2.35. The smallest absolute Gasteiger partial charge is 0.247 e. The van der Waals surface area contributed by atoms with E-state index in [9.17, 15) is 9.90 Å². The van der Waals surface area contributed by atoms with Crippen molar-refractivity contribution in [3.05, 3.63) is 29.6 Å². The Balaban J connectivity index is 2.01. The molecule has 2 rings (SSSR count). The Morgan fingerprint density at radius 3 is 3.29 bits per heavy atom. The van der Waals surface area contributed by atoms with Crippen LogP contribution in [0.5, 0.6) is 0 Å². The first-order chi connectivity index (χ1) is 8.18. The number of nitrogens with one attached hydrogen (secondary N) is 1. The molecule has 2 unspecified atom stereocenters. The van der Waals surface area contributed by atoms with E-state index in [0.717, 1.165) is 25.0 Å². The number of hydrogen-bond donors (Lipinski definition) is 3. The van der Waals surface area contributed by atoms with E-state index in [4.69, 9.17) is 5.73 Å². The topological polar surface area (TPSA) is 88.2 Å². The van der Waals surface area contributed by atoms with Crippen molar-refractivity contribution in [3.8, 4) is 0 Å². The molecule has 0 bridgehead atoms. The van der Waals surface area contributed by atoms with Crippen LogP contribution in [0.4, 0.5) is 0 Å². The maximum atomic E-state index is 10.7. The van der Waals surface area contributed by atoms with Crippen LogP contribution in [0.25, 0.3) is 0 Å². The first-order valence-corrected chi connectivity index (χ1v) is 5.83. The molecule has 1 aliphatic rings. The Morgan fingerprint density at radius 2 is 2.53 bits per heavy atom. The molecule has 1 heterocycles. The zero-order valence-electron chi connectivity index (χ0n) is 9.60. The van der Waals surface area contributed by atoms with Gasteiger partial charge < -0.3 is 16.2 Å². The van der Waals surface area contributed by atoms with E-state index in [2.05, 4.69) is 16.4 Å². The normalized spacial score (nSPS) is 20.6. The third-order valence-corrected chi connectivity index (χ3v) is 3.08. The number of aliphatic hydroxyl groups excluding tert-OH is 1. The van der Waals surface area contributed by atoms with E-state index < -0.39 is 12.0 Å². The van der Waals surface area contributed by atoms with Crippen LogP contribution >= 0.6 is 0 Å².